The molecule has 28 heavy (non-hydrogen) atoms. The minimum Gasteiger partial charge on any atom is -0.506 e. The van der Waals surface area contributed by atoms with Crippen molar-refractivity contribution >= 4 is 22.1 Å². The zero-order valence-electron chi connectivity index (χ0n) is 14.8. The van der Waals surface area contributed by atoms with Crippen LogP contribution in [-0.4, -0.2) is 10.2 Å². The van der Waals surface area contributed by atoms with Gasteiger partial charge in [0, 0.05) is 12.1 Å². The van der Waals surface area contributed by atoms with E-state index < -0.39 is 0 Å². The first kappa shape index (κ1) is 17.4. The van der Waals surface area contributed by atoms with Crippen LogP contribution in [0.3, 0.4) is 0 Å². The Morgan fingerprint density at radius 1 is 0.607 bits per heavy atom. The number of rotatable bonds is 4. The van der Waals surface area contributed by atoms with E-state index in [4.69, 9.17) is 20.9 Å². The van der Waals surface area contributed by atoms with E-state index in [0.29, 0.717) is 23.0 Å². The second kappa shape index (κ2) is 6.92. The Labute approximate surface area is 161 Å². The van der Waals surface area contributed by atoms with Gasteiger partial charge >= 0.3 is 0 Å². The lowest BCUT2D eigenvalue weighted by Gasteiger charge is -2.14. The molecule has 0 saturated carbocycles. The van der Waals surface area contributed by atoms with Gasteiger partial charge in [-0.15, -0.1) is 0 Å². The van der Waals surface area contributed by atoms with Crippen molar-refractivity contribution in [1.82, 2.24) is 0 Å². The number of nitrogens with two attached hydrogens (primary N) is 2. The van der Waals surface area contributed by atoms with Crippen molar-refractivity contribution in [3.05, 3.63) is 72.8 Å². The number of phenolic OH excluding ortho intramolecular Hbond substituents is 2. The average Bonchev–Trinajstić information content (AvgIpc) is 2.68. The summed E-state index contributed by atoms with van der Waals surface area (Å²) in [6.45, 7) is 0. The van der Waals surface area contributed by atoms with E-state index in [2.05, 4.69) is 0 Å². The third-order valence-corrected chi connectivity index (χ3v) is 4.29. The van der Waals surface area contributed by atoms with Gasteiger partial charge in [-0.1, -0.05) is 24.3 Å². The van der Waals surface area contributed by atoms with E-state index >= 15 is 0 Å². The van der Waals surface area contributed by atoms with E-state index in [1.807, 2.05) is 36.4 Å². The summed E-state index contributed by atoms with van der Waals surface area (Å²) in [6, 6.07) is 20.6. The maximum Gasteiger partial charge on any atom is 0.142 e. The van der Waals surface area contributed by atoms with Crippen molar-refractivity contribution in [1.29, 1.82) is 0 Å². The summed E-state index contributed by atoms with van der Waals surface area (Å²) in [6.07, 6.45) is 0. The molecule has 0 unspecified atom stereocenters. The van der Waals surface area contributed by atoms with Gasteiger partial charge in [-0.05, 0) is 41.8 Å². The van der Waals surface area contributed by atoms with Crippen molar-refractivity contribution in [2.75, 3.05) is 11.5 Å². The Kier molecular flexibility index (Phi) is 4.29. The predicted octanol–water partition coefficient (Wildman–Crippen LogP) is 5.00. The minimum absolute atomic E-state index is 0.0495. The largest absolute Gasteiger partial charge is 0.506 e. The molecule has 4 aromatic rings. The van der Waals surface area contributed by atoms with Crippen LogP contribution in [0.5, 0.6) is 34.5 Å². The summed E-state index contributed by atoms with van der Waals surface area (Å²) in [4.78, 5) is 0. The van der Waals surface area contributed by atoms with Crippen LogP contribution in [0.25, 0.3) is 10.8 Å². The summed E-state index contributed by atoms with van der Waals surface area (Å²) >= 11 is 0. The molecule has 0 aliphatic carbocycles. The molecule has 0 radical (unpaired) electrons. The fourth-order valence-corrected chi connectivity index (χ4v) is 2.87. The molecule has 6 heteroatoms. The third kappa shape index (κ3) is 3.31. The minimum atomic E-state index is -0.0495. The Balaban J connectivity index is 1.77. The number of hydrogen-bond donors (Lipinski definition) is 4. The van der Waals surface area contributed by atoms with Gasteiger partial charge in [-0.2, -0.15) is 0 Å². The first-order valence-corrected chi connectivity index (χ1v) is 8.56. The van der Waals surface area contributed by atoms with E-state index in [9.17, 15) is 10.2 Å². The fraction of sp³-hybridized carbons (Fsp3) is 0. The molecule has 0 bridgehead atoms. The highest BCUT2D eigenvalue weighted by molar-refractivity contribution is 5.94. The quantitative estimate of drug-likeness (QED) is 0.295. The Morgan fingerprint density at radius 2 is 1.07 bits per heavy atom. The lowest BCUT2D eigenvalue weighted by molar-refractivity contribution is 0.452. The second-order valence-electron chi connectivity index (χ2n) is 6.26. The topological polar surface area (TPSA) is 111 Å². The van der Waals surface area contributed by atoms with Crippen molar-refractivity contribution < 1.29 is 19.7 Å². The number of phenols is 2. The van der Waals surface area contributed by atoms with Gasteiger partial charge in [-0.25, -0.2) is 0 Å². The van der Waals surface area contributed by atoms with Gasteiger partial charge in [0.15, 0.2) is 0 Å². The van der Waals surface area contributed by atoms with Gasteiger partial charge in [0.1, 0.15) is 34.5 Å². The molecule has 0 aliphatic heterocycles. The molecule has 6 nitrogen and oxygen atoms in total. The first-order chi connectivity index (χ1) is 13.5. The van der Waals surface area contributed by atoms with Crippen molar-refractivity contribution in [2.45, 2.75) is 0 Å². The fourth-order valence-electron chi connectivity index (χ4n) is 2.87. The highest BCUT2D eigenvalue weighted by atomic mass is 16.5. The SMILES string of the molecule is Nc1ccc(Oc2cccc3cccc(Oc4ccc(N)c(O)c4)c23)cc1O. The molecule has 0 spiro atoms. The zero-order valence-corrected chi connectivity index (χ0v) is 14.8. The number of aromatic hydroxyl groups is 2. The predicted molar refractivity (Wildman–Crippen MR) is 109 cm³/mol. The maximum absolute atomic E-state index is 9.83. The smallest absolute Gasteiger partial charge is 0.142 e. The first-order valence-electron chi connectivity index (χ1n) is 8.56. The van der Waals surface area contributed by atoms with E-state index in [1.54, 1.807) is 24.3 Å². The lowest BCUT2D eigenvalue weighted by atomic mass is 10.1. The Bertz CT molecular complexity index is 1090. The molecule has 0 amide bonds. The summed E-state index contributed by atoms with van der Waals surface area (Å²) < 4.78 is 12.0. The standard InChI is InChI=1S/C22H18N2O4/c23-16-9-7-14(11-18(16)25)27-20-5-1-3-13-4-2-6-21(22(13)20)28-15-8-10-17(24)19(26)12-15/h1-12,25-26H,23-24H2. The zero-order chi connectivity index (χ0) is 19.7. The molecule has 6 N–H and O–H groups in total. The van der Waals surface area contributed by atoms with Crippen molar-refractivity contribution in [3.8, 4) is 34.5 Å². The van der Waals surface area contributed by atoms with Crippen LogP contribution in [0.15, 0.2) is 72.8 Å². The second-order valence-corrected chi connectivity index (χ2v) is 6.26. The van der Waals surface area contributed by atoms with Crippen molar-refractivity contribution in [3.63, 3.8) is 0 Å². The van der Waals surface area contributed by atoms with Crippen LogP contribution in [0, 0.1) is 0 Å². The highest BCUT2D eigenvalue weighted by Gasteiger charge is 2.12. The summed E-state index contributed by atoms with van der Waals surface area (Å²) in [5, 5.41) is 21.3. The highest BCUT2D eigenvalue weighted by Crippen LogP contribution is 2.40. The van der Waals surface area contributed by atoms with Crippen LogP contribution >= 0.6 is 0 Å². The van der Waals surface area contributed by atoms with E-state index in [1.165, 1.54) is 12.1 Å². The molecular weight excluding hydrogens is 356 g/mol. The number of ether oxygens (including phenoxy) is 2. The number of anilines is 2. The number of fused-ring (bicyclic) bond motifs is 1. The summed E-state index contributed by atoms with van der Waals surface area (Å²) in [5.74, 6) is 1.89. The molecule has 140 valence electrons. The molecule has 0 saturated heterocycles. The van der Waals surface area contributed by atoms with Crippen molar-refractivity contribution in [2.24, 2.45) is 0 Å². The average molecular weight is 374 g/mol. The Hall–Kier alpha value is -4.06. The molecule has 4 aromatic carbocycles. The molecule has 0 aliphatic rings. The molecule has 0 fully saturated rings. The Morgan fingerprint density at radius 3 is 1.50 bits per heavy atom. The molecule has 0 atom stereocenters. The lowest BCUT2D eigenvalue weighted by Crippen LogP contribution is -1.92. The van der Waals surface area contributed by atoms with Crippen LogP contribution in [-0.2, 0) is 0 Å². The molecule has 0 aromatic heterocycles. The molecular formula is C22H18N2O4. The van der Waals surface area contributed by atoms with Gasteiger partial charge < -0.3 is 31.2 Å². The number of nitrogen functional groups attached to an aromatic ring is 2. The van der Waals surface area contributed by atoms with Crippen LogP contribution in [0.1, 0.15) is 0 Å². The third-order valence-electron chi connectivity index (χ3n) is 4.29. The van der Waals surface area contributed by atoms with Gasteiger partial charge in [0.05, 0.1) is 16.8 Å². The van der Waals surface area contributed by atoms with Gasteiger partial charge in [0.2, 0.25) is 0 Å². The van der Waals surface area contributed by atoms with Gasteiger partial charge in [0.25, 0.3) is 0 Å². The molecule has 0 heterocycles. The van der Waals surface area contributed by atoms with Crippen LogP contribution < -0.4 is 20.9 Å². The monoisotopic (exact) mass is 374 g/mol. The van der Waals surface area contributed by atoms with Crippen LogP contribution in [0.2, 0.25) is 0 Å². The van der Waals surface area contributed by atoms with E-state index in [0.717, 1.165) is 10.8 Å². The number of benzene rings is 4. The molecule has 4 rings (SSSR count). The van der Waals surface area contributed by atoms with Gasteiger partial charge in [-0.3, -0.25) is 0 Å². The normalized spacial score (nSPS) is 10.7. The number of hydrogen-bond acceptors (Lipinski definition) is 6. The summed E-state index contributed by atoms with van der Waals surface area (Å²) in [5.41, 5.74) is 11.9. The van der Waals surface area contributed by atoms with Crippen LogP contribution in [0.4, 0.5) is 11.4 Å². The maximum atomic E-state index is 9.83. The van der Waals surface area contributed by atoms with E-state index in [-0.39, 0.29) is 22.9 Å². The summed E-state index contributed by atoms with van der Waals surface area (Å²) in [7, 11) is 0.